The van der Waals surface area contributed by atoms with E-state index in [1.165, 1.54) is 10.6 Å². The molecule has 88 valence electrons. The van der Waals surface area contributed by atoms with Crippen molar-refractivity contribution in [3.8, 4) is 0 Å². The number of para-hydroxylation sites is 1. The van der Waals surface area contributed by atoms with Gasteiger partial charge in [-0.05, 0) is 30.5 Å². The average Bonchev–Trinajstić information content (AvgIpc) is 2.41. The molecule has 0 saturated carbocycles. The lowest BCUT2D eigenvalue weighted by atomic mass is 10.1. The van der Waals surface area contributed by atoms with Gasteiger partial charge in [0.2, 0.25) is 0 Å². The SMILES string of the molecule is ON(CCCc1ccccc1)c1ccccc1. The van der Waals surface area contributed by atoms with E-state index in [1.54, 1.807) is 0 Å². The molecule has 0 atom stereocenters. The number of hydroxylamine groups is 1. The summed E-state index contributed by atoms with van der Waals surface area (Å²) in [4.78, 5) is 0. The first-order chi connectivity index (χ1) is 8.36. The molecule has 0 spiro atoms. The van der Waals surface area contributed by atoms with Crippen LogP contribution in [-0.2, 0) is 6.42 Å². The van der Waals surface area contributed by atoms with Crippen molar-refractivity contribution in [2.24, 2.45) is 0 Å². The molecule has 0 bridgehead atoms. The zero-order chi connectivity index (χ0) is 11.9. The van der Waals surface area contributed by atoms with E-state index < -0.39 is 0 Å². The maximum atomic E-state index is 9.83. The minimum atomic E-state index is 0.652. The molecule has 0 aliphatic rings. The van der Waals surface area contributed by atoms with Crippen molar-refractivity contribution in [2.75, 3.05) is 11.6 Å². The van der Waals surface area contributed by atoms with Crippen LogP contribution in [0.1, 0.15) is 12.0 Å². The van der Waals surface area contributed by atoms with E-state index in [0.29, 0.717) is 6.54 Å². The number of hydrogen-bond donors (Lipinski definition) is 1. The highest BCUT2D eigenvalue weighted by Crippen LogP contribution is 2.11. The van der Waals surface area contributed by atoms with Gasteiger partial charge in [0, 0.05) is 6.54 Å². The Labute approximate surface area is 102 Å². The molecule has 1 N–H and O–H groups in total. The zero-order valence-electron chi connectivity index (χ0n) is 9.79. The summed E-state index contributed by atoms with van der Waals surface area (Å²) in [5, 5.41) is 11.1. The molecule has 0 aromatic heterocycles. The standard InChI is InChI=1S/C15H17NO/c17-16(15-11-5-2-6-12-15)13-7-10-14-8-3-1-4-9-14/h1-6,8-9,11-12,17H,7,10,13H2. The predicted octanol–water partition coefficient (Wildman–Crippen LogP) is 3.52. The minimum Gasteiger partial charge on any atom is -0.288 e. The molecule has 0 aliphatic carbocycles. The fourth-order valence-electron chi connectivity index (χ4n) is 1.81. The smallest absolute Gasteiger partial charge is 0.0634 e. The highest BCUT2D eigenvalue weighted by Gasteiger charge is 2.01. The Bertz CT molecular complexity index is 427. The minimum absolute atomic E-state index is 0.652. The van der Waals surface area contributed by atoms with Crippen molar-refractivity contribution in [3.63, 3.8) is 0 Å². The number of rotatable bonds is 5. The maximum absolute atomic E-state index is 9.83. The van der Waals surface area contributed by atoms with Crippen LogP contribution in [0, 0.1) is 0 Å². The molecule has 0 unspecified atom stereocenters. The molecule has 0 saturated heterocycles. The summed E-state index contributed by atoms with van der Waals surface area (Å²) in [6.07, 6.45) is 1.93. The first-order valence-electron chi connectivity index (χ1n) is 5.91. The van der Waals surface area contributed by atoms with Gasteiger partial charge >= 0.3 is 0 Å². The first-order valence-corrected chi connectivity index (χ1v) is 5.91. The number of nitrogens with zero attached hydrogens (tertiary/aromatic N) is 1. The van der Waals surface area contributed by atoms with E-state index >= 15 is 0 Å². The van der Waals surface area contributed by atoms with E-state index in [4.69, 9.17) is 0 Å². The van der Waals surface area contributed by atoms with Crippen molar-refractivity contribution in [1.29, 1.82) is 0 Å². The molecule has 2 rings (SSSR count). The topological polar surface area (TPSA) is 23.5 Å². The lowest BCUT2D eigenvalue weighted by Crippen LogP contribution is -2.19. The molecule has 2 aromatic rings. The van der Waals surface area contributed by atoms with Gasteiger partial charge in [0.05, 0.1) is 5.69 Å². The van der Waals surface area contributed by atoms with E-state index in [0.717, 1.165) is 18.5 Å². The van der Waals surface area contributed by atoms with Gasteiger partial charge in [0.1, 0.15) is 0 Å². The van der Waals surface area contributed by atoms with Crippen LogP contribution in [0.4, 0.5) is 5.69 Å². The van der Waals surface area contributed by atoms with E-state index in [2.05, 4.69) is 12.1 Å². The molecule has 17 heavy (non-hydrogen) atoms. The van der Waals surface area contributed by atoms with Gasteiger partial charge in [-0.2, -0.15) is 0 Å². The van der Waals surface area contributed by atoms with Gasteiger partial charge in [0.25, 0.3) is 0 Å². The second-order valence-corrected chi connectivity index (χ2v) is 4.05. The van der Waals surface area contributed by atoms with Crippen LogP contribution in [0.5, 0.6) is 0 Å². The Morgan fingerprint density at radius 1 is 0.824 bits per heavy atom. The molecular formula is C15H17NO. The van der Waals surface area contributed by atoms with Gasteiger partial charge in [0.15, 0.2) is 0 Å². The van der Waals surface area contributed by atoms with Crippen LogP contribution >= 0.6 is 0 Å². The predicted molar refractivity (Wildman–Crippen MR) is 70.3 cm³/mol. The summed E-state index contributed by atoms with van der Waals surface area (Å²) >= 11 is 0. The Morgan fingerprint density at radius 2 is 1.41 bits per heavy atom. The Hall–Kier alpha value is -1.80. The van der Waals surface area contributed by atoms with Gasteiger partial charge in [-0.25, -0.2) is 0 Å². The Morgan fingerprint density at radius 3 is 2.06 bits per heavy atom. The highest BCUT2D eigenvalue weighted by atomic mass is 16.5. The third kappa shape index (κ3) is 3.61. The summed E-state index contributed by atoms with van der Waals surface area (Å²) < 4.78 is 0. The summed E-state index contributed by atoms with van der Waals surface area (Å²) in [5.41, 5.74) is 2.16. The Kier molecular flexibility index (Phi) is 4.17. The quantitative estimate of drug-likeness (QED) is 0.790. The number of aryl methyl sites for hydroxylation is 1. The molecule has 0 amide bonds. The van der Waals surface area contributed by atoms with E-state index in [9.17, 15) is 5.21 Å². The molecule has 0 heterocycles. The Balaban J connectivity index is 1.79. The molecule has 2 nitrogen and oxygen atoms in total. The van der Waals surface area contributed by atoms with Crippen LogP contribution < -0.4 is 5.06 Å². The van der Waals surface area contributed by atoms with Crippen LogP contribution in [0.3, 0.4) is 0 Å². The number of anilines is 1. The number of benzene rings is 2. The summed E-state index contributed by atoms with van der Waals surface area (Å²) in [6, 6.07) is 19.9. The maximum Gasteiger partial charge on any atom is 0.0634 e. The lowest BCUT2D eigenvalue weighted by Gasteiger charge is -2.16. The molecular weight excluding hydrogens is 210 g/mol. The van der Waals surface area contributed by atoms with Crippen molar-refractivity contribution < 1.29 is 5.21 Å². The van der Waals surface area contributed by atoms with Crippen LogP contribution in [0.25, 0.3) is 0 Å². The molecule has 2 aromatic carbocycles. The van der Waals surface area contributed by atoms with Crippen LogP contribution in [-0.4, -0.2) is 11.8 Å². The molecule has 2 heteroatoms. The first kappa shape index (κ1) is 11.7. The van der Waals surface area contributed by atoms with E-state index in [1.807, 2.05) is 48.5 Å². The van der Waals surface area contributed by atoms with Crippen molar-refractivity contribution >= 4 is 5.69 Å². The molecule has 0 radical (unpaired) electrons. The van der Waals surface area contributed by atoms with Crippen molar-refractivity contribution in [1.82, 2.24) is 0 Å². The molecule has 0 fully saturated rings. The second-order valence-electron chi connectivity index (χ2n) is 4.05. The number of hydrogen-bond acceptors (Lipinski definition) is 2. The monoisotopic (exact) mass is 227 g/mol. The largest absolute Gasteiger partial charge is 0.288 e. The van der Waals surface area contributed by atoms with Crippen molar-refractivity contribution in [3.05, 3.63) is 66.2 Å². The van der Waals surface area contributed by atoms with Gasteiger partial charge in [-0.3, -0.25) is 10.3 Å². The van der Waals surface area contributed by atoms with Gasteiger partial charge in [-0.1, -0.05) is 48.5 Å². The second kappa shape index (κ2) is 6.06. The van der Waals surface area contributed by atoms with Crippen LogP contribution in [0.2, 0.25) is 0 Å². The third-order valence-corrected chi connectivity index (χ3v) is 2.73. The zero-order valence-corrected chi connectivity index (χ0v) is 9.79. The fraction of sp³-hybridized carbons (Fsp3) is 0.200. The van der Waals surface area contributed by atoms with Crippen molar-refractivity contribution in [2.45, 2.75) is 12.8 Å². The lowest BCUT2D eigenvalue weighted by molar-refractivity contribution is 0.252. The fourth-order valence-corrected chi connectivity index (χ4v) is 1.81. The molecule has 0 aliphatic heterocycles. The van der Waals surface area contributed by atoms with E-state index in [-0.39, 0.29) is 0 Å². The summed E-state index contributed by atoms with van der Waals surface area (Å²) in [5.74, 6) is 0. The summed E-state index contributed by atoms with van der Waals surface area (Å²) in [6.45, 7) is 0.652. The van der Waals surface area contributed by atoms with Gasteiger partial charge < -0.3 is 0 Å². The summed E-state index contributed by atoms with van der Waals surface area (Å²) in [7, 11) is 0. The highest BCUT2D eigenvalue weighted by molar-refractivity contribution is 5.42. The third-order valence-electron chi connectivity index (χ3n) is 2.73. The average molecular weight is 227 g/mol. The van der Waals surface area contributed by atoms with Gasteiger partial charge in [-0.15, -0.1) is 0 Å². The van der Waals surface area contributed by atoms with Crippen LogP contribution in [0.15, 0.2) is 60.7 Å². The normalized spacial score (nSPS) is 10.2.